The molecule has 2 heterocycles. The first-order valence-electron chi connectivity index (χ1n) is 8.14. The summed E-state index contributed by atoms with van der Waals surface area (Å²) in [5.74, 6) is 1.56. The van der Waals surface area contributed by atoms with Crippen LogP contribution in [0.3, 0.4) is 0 Å². The van der Waals surface area contributed by atoms with Crippen molar-refractivity contribution in [2.75, 3.05) is 12.3 Å². The van der Waals surface area contributed by atoms with Gasteiger partial charge in [-0.1, -0.05) is 43.7 Å². The Bertz CT molecular complexity index is 847. The average Bonchev–Trinajstić information content (AvgIpc) is 2.93. The summed E-state index contributed by atoms with van der Waals surface area (Å²) in [6.45, 7) is 3.48. The molecule has 0 spiro atoms. The number of para-hydroxylation sites is 1. The van der Waals surface area contributed by atoms with Crippen LogP contribution in [0, 0.1) is 0 Å². The van der Waals surface area contributed by atoms with E-state index < -0.39 is 0 Å². The highest BCUT2D eigenvalue weighted by molar-refractivity contribution is 6.06. The Kier molecular flexibility index (Phi) is 4.57. The molecule has 23 heavy (non-hydrogen) atoms. The lowest BCUT2D eigenvalue weighted by Gasteiger charge is -2.08. The van der Waals surface area contributed by atoms with Gasteiger partial charge in [0, 0.05) is 24.9 Å². The number of hydrogen-bond donors (Lipinski definition) is 2. The van der Waals surface area contributed by atoms with Gasteiger partial charge in [0.05, 0.1) is 11.0 Å². The van der Waals surface area contributed by atoms with Crippen LogP contribution in [0.4, 0.5) is 5.82 Å². The first kappa shape index (κ1) is 15.5. The fourth-order valence-corrected chi connectivity index (χ4v) is 2.90. The molecule has 0 atom stereocenters. The molecule has 4 N–H and O–H groups in total. The number of aryl methyl sites for hydroxylation is 1. The number of anilines is 1. The lowest BCUT2D eigenvalue weighted by molar-refractivity contribution is 0.697. The lowest BCUT2D eigenvalue weighted by Crippen LogP contribution is -2.04. The smallest absolute Gasteiger partial charge is 0.152 e. The predicted octanol–water partition coefficient (Wildman–Crippen LogP) is 3.02. The summed E-state index contributed by atoms with van der Waals surface area (Å²) in [5, 5.41) is 1.09. The Labute approximate surface area is 136 Å². The Morgan fingerprint density at radius 3 is 2.78 bits per heavy atom. The van der Waals surface area contributed by atoms with Crippen molar-refractivity contribution in [1.82, 2.24) is 14.5 Å². The number of hydrogen-bond acceptors (Lipinski definition) is 4. The number of nitrogens with two attached hydrogens (primary N) is 2. The van der Waals surface area contributed by atoms with Gasteiger partial charge in [-0.3, -0.25) is 0 Å². The van der Waals surface area contributed by atoms with Crippen LogP contribution in [-0.4, -0.2) is 21.1 Å². The van der Waals surface area contributed by atoms with Gasteiger partial charge in [-0.2, -0.15) is 0 Å². The number of benzene rings is 1. The van der Waals surface area contributed by atoms with E-state index in [-0.39, 0.29) is 0 Å². The summed E-state index contributed by atoms with van der Waals surface area (Å²) in [7, 11) is 0. The first-order valence-corrected chi connectivity index (χ1v) is 8.14. The summed E-state index contributed by atoms with van der Waals surface area (Å²) in [5.41, 5.74) is 14.5. The van der Waals surface area contributed by atoms with E-state index in [1.54, 1.807) is 0 Å². The third-order valence-corrected chi connectivity index (χ3v) is 4.03. The van der Waals surface area contributed by atoms with E-state index >= 15 is 0 Å². The number of pyridine rings is 1. The molecule has 120 valence electrons. The number of nitrogens with zero attached hydrogens (tertiary/aromatic N) is 3. The van der Waals surface area contributed by atoms with Crippen LogP contribution in [-0.2, 0) is 13.0 Å². The van der Waals surface area contributed by atoms with Crippen molar-refractivity contribution in [1.29, 1.82) is 0 Å². The Hall–Kier alpha value is -2.40. The van der Waals surface area contributed by atoms with Crippen LogP contribution in [0.2, 0.25) is 0 Å². The number of allylic oxidation sites excluding steroid dienone is 1. The third-order valence-electron chi connectivity index (χ3n) is 4.03. The average molecular weight is 309 g/mol. The zero-order chi connectivity index (χ0) is 16.2. The maximum Gasteiger partial charge on any atom is 0.152 e. The van der Waals surface area contributed by atoms with Gasteiger partial charge in [-0.25, -0.2) is 9.97 Å². The molecule has 0 saturated carbocycles. The second kappa shape index (κ2) is 6.79. The lowest BCUT2D eigenvalue weighted by atomic mass is 10.2. The van der Waals surface area contributed by atoms with Gasteiger partial charge >= 0.3 is 0 Å². The Morgan fingerprint density at radius 2 is 2.00 bits per heavy atom. The second-order valence-corrected chi connectivity index (χ2v) is 5.66. The number of rotatable bonds is 6. The molecule has 0 aliphatic carbocycles. The first-order chi connectivity index (χ1) is 11.3. The predicted molar refractivity (Wildman–Crippen MR) is 96.3 cm³/mol. The molecular weight excluding hydrogens is 286 g/mol. The fourth-order valence-electron chi connectivity index (χ4n) is 2.90. The molecule has 3 aromatic rings. The molecule has 0 unspecified atom stereocenters. The molecule has 5 nitrogen and oxygen atoms in total. The van der Waals surface area contributed by atoms with Gasteiger partial charge < -0.3 is 16.0 Å². The van der Waals surface area contributed by atoms with E-state index in [9.17, 15) is 0 Å². The number of nitrogen functional groups attached to an aromatic ring is 1. The highest BCUT2D eigenvalue weighted by atomic mass is 15.1. The zero-order valence-electron chi connectivity index (χ0n) is 13.5. The van der Waals surface area contributed by atoms with Crippen molar-refractivity contribution >= 4 is 27.8 Å². The standard InChI is InChI=1S/C18H23N5/c1-2-3-10-15-22-16-17(23(15)12-7-6-11-19)13-8-4-5-9-14(13)21-18(16)20/h4-9H,2-3,10-12,19H2,1H3,(H2,20,21)/b7-6-. The molecule has 3 rings (SSSR count). The molecule has 0 amide bonds. The second-order valence-electron chi connectivity index (χ2n) is 5.66. The maximum absolute atomic E-state index is 6.16. The molecular formula is C18H23N5. The Morgan fingerprint density at radius 1 is 1.17 bits per heavy atom. The summed E-state index contributed by atoms with van der Waals surface area (Å²) in [4.78, 5) is 9.29. The molecule has 0 bridgehead atoms. The van der Waals surface area contributed by atoms with Crippen LogP contribution in [0.25, 0.3) is 21.9 Å². The zero-order valence-corrected chi connectivity index (χ0v) is 13.5. The monoisotopic (exact) mass is 309 g/mol. The van der Waals surface area contributed by atoms with E-state index in [2.05, 4.69) is 28.6 Å². The van der Waals surface area contributed by atoms with Gasteiger partial charge in [0.25, 0.3) is 0 Å². The van der Waals surface area contributed by atoms with Crippen molar-refractivity contribution < 1.29 is 0 Å². The quantitative estimate of drug-likeness (QED) is 0.686. The molecule has 0 saturated heterocycles. The van der Waals surface area contributed by atoms with Crippen LogP contribution in [0.5, 0.6) is 0 Å². The van der Waals surface area contributed by atoms with E-state index in [0.717, 1.165) is 53.6 Å². The van der Waals surface area contributed by atoms with Gasteiger partial charge in [0.15, 0.2) is 5.82 Å². The van der Waals surface area contributed by atoms with Crippen molar-refractivity contribution in [2.45, 2.75) is 32.7 Å². The van der Waals surface area contributed by atoms with E-state index in [0.29, 0.717) is 12.4 Å². The normalized spacial score (nSPS) is 11.9. The molecule has 0 aliphatic heterocycles. The van der Waals surface area contributed by atoms with Crippen LogP contribution in [0.15, 0.2) is 36.4 Å². The summed E-state index contributed by atoms with van der Waals surface area (Å²) in [6, 6.07) is 8.08. The molecule has 2 aromatic heterocycles. The SMILES string of the molecule is CCCCc1nc2c(N)nc3ccccc3c2n1C/C=C\CN. The summed E-state index contributed by atoms with van der Waals surface area (Å²) < 4.78 is 2.25. The highest BCUT2D eigenvalue weighted by Gasteiger charge is 2.16. The van der Waals surface area contributed by atoms with E-state index in [4.69, 9.17) is 16.5 Å². The van der Waals surface area contributed by atoms with Gasteiger partial charge in [0.1, 0.15) is 11.3 Å². The minimum absolute atomic E-state index is 0.498. The molecule has 1 aromatic carbocycles. The Balaban J connectivity index is 2.25. The molecule has 0 fully saturated rings. The number of unbranched alkanes of at least 4 members (excludes halogenated alkanes) is 1. The van der Waals surface area contributed by atoms with Gasteiger partial charge in [-0.05, 0) is 12.5 Å². The van der Waals surface area contributed by atoms with E-state index in [1.165, 1.54) is 0 Å². The maximum atomic E-state index is 6.16. The molecule has 5 heteroatoms. The van der Waals surface area contributed by atoms with Gasteiger partial charge in [-0.15, -0.1) is 0 Å². The van der Waals surface area contributed by atoms with Gasteiger partial charge in [0.2, 0.25) is 0 Å². The number of aromatic nitrogens is 3. The van der Waals surface area contributed by atoms with Crippen molar-refractivity contribution in [2.24, 2.45) is 5.73 Å². The van der Waals surface area contributed by atoms with Crippen LogP contribution >= 0.6 is 0 Å². The van der Waals surface area contributed by atoms with Crippen molar-refractivity contribution in [3.8, 4) is 0 Å². The fraction of sp³-hybridized carbons (Fsp3) is 0.333. The minimum Gasteiger partial charge on any atom is -0.382 e. The highest BCUT2D eigenvalue weighted by Crippen LogP contribution is 2.29. The van der Waals surface area contributed by atoms with E-state index in [1.807, 2.05) is 24.3 Å². The number of fused-ring (bicyclic) bond motifs is 3. The summed E-state index contributed by atoms with van der Waals surface area (Å²) in [6.07, 6.45) is 7.24. The van der Waals surface area contributed by atoms with Crippen LogP contribution < -0.4 is 11.5 Å². The molecule has 0 radical (unpaired) electrons. The van der Waals surface area contributed by atoms with Crippen molar-refractivity contribution in [3.05, 3.63) is 42.2 Å². The van der Waals surface area contributed by atoms with Crippen LogP contribution in [0.1, 0.15) is 25.6 Å². The third kappa shape index (κ3) is 2.92. The summed E-state index contributed by atoms with van der Waals surface area (Å²) >= 11 is 0. The van der Waals surface area contributed by atoms with Crippen molar-refractivity contribution in [3.63, 3.8) is 0 Å². The molecule has 0 aliphatic rings. The minimum atomic E-state index is 0.498. The topological polar surface area (TPSA) is 82.8 Å². The largest absolute Gasteiger partial charge is 0.382 e. The number of imidazole rings is 1.